The van der Waals surface area contributed by atoms with E-state index in [0.717, 1.165) is 0 Å². The third kappa shape index (κ3) is 13.1. The Labute approximate surface area is 126 Å². The van der Waals surface area contributed by atoms with Crippen molar-refractivity contribution < 1.29 is 29.3 Å². The van der Waals surface area contributed by atoms with E-state index >= 15 is 0 Å². The average molecular weight is 302 g/mol. The van der Waals surface area contributed by atoms with Gasteiger partial charge in [-0.1, -0.05) is 27.0 Å². The Hall–Kier alpha value is -1.66. The summed E-state index contributed by atoms with van der Waals surface area (Å²) in [5.74, 6) is -0.979. The molecule has 0 aliphatic heterocycles. The summed E-state index contributed by atoms with van der Waals surface area (Å²) in [6, 6.07) is 0. The molecule has 0 saturated carbocycles. The van der Waals surface area contributed by atoms with Crippen molar-refractivity contribution >= 4 is 11.9 Å². The Morgan fingerprint density at radius 2 is 1.19 bits per heavy atom. The van der Waals surface area contributed by atoms with E-state index in [1.807, 2.05) is 0 Å². The van der Waals surface area contributed by atoms with Crippen LogP contribution in [0.25, 0.3) is 0 Å². The van der Waals surface area contributed by atoms with Gasteiger partial charge in [0.1, 0.15) is 13.2 Å². The highest BCUT2D eigenvalue weighted by Crippen LogP contribution is 2.10. The molecule has 6 heteroatoms. The van der Waals surface area contributed by atoms with E-state index in [1.54, 1.807) is 27.7 Å². The van der Waals surface area contributed by atoms with Crippen LogP contribution in [-0.2, 0) is 19.1 Å². The maximum absolute atomic E-state index is 10.8. The highest BCUT2D eigenvalue weighted by molar-refractivity contribution is 5.87. The molecule has 0 aromatic heterocycles. The standard InChI is InChI=1S/C10H14O4.C5H12O2/c1-7(2)9(11)13-5-6-14-10(12)8(3)4;1-5(2,3-6)4-7/h1,3,5-6H2,2,4H3;6-7H,3-4H2,1-2H3. The topological polar surface area (TPSA) is 93.1 Å². The second kappa shape index (κ2) is 11.0. The van der Waals surface area contributed by atoms with E-state index in [1.165, 1.54) is 0 Å². The summed E-state index contributed by atoms with van der Waals surface area (Å²) in [6.45, 7) is 13.6. The Bertz CT molecular complexity index is 336. The third-order valence-electron chi connectivity index (χ3n) is 2.10. The summed E-state index contributed by atoms with van der Waals surface area (Å²) in [6.07, 6.45) is 0. The van der Waals surface area contributed by atoms with E-state index in [9.17, 15) is 9.59 Å². The number of ether oxygens (including phenoxy) is 2. The van der Waals surface area contributed by atoms with Gasteiger partial charge in [0.25, 0.3) is 0 Å². The fraction of sp³-hybridized carbons (Fsp3) is 0.600. The van der Waals surface area contributed by atoms with Crippen LogP contribution in [0.3, 0.4) is 0 Å². The Morgan fingerprint density at radius 3 is 1.33 bits per heavy atom. The van der Waals surface area contributed by atoms with Gasteiger partial charge < -0.3 is 19.7 Å². The van der Waals surface area contributed by atoms with E-state index in [2.05, 4.69) is 22.6 Å². The molecule has 0 aromatic carbocycles. The number of carbonyl (C=O) groups is 2. The summed E-state index contributed by atoms with van der Waals surface area (Å²) in [5.41, 5.74) is 0.326. The predicted octanol–water partition coefficient (Wildman–Crippen LogP) is 1.22. The molecule has 0 bridgehead atoms. The van der Waals surface area contributed by atoms with Gasteiger partial charge in [-0.15, -0.1) is 0 Å². The molecule has 0 radical (unpaired) electrons. The van der Waals surface area contributed by atoms with Gasteiger partial charge in [-0.3, -0.25) is 0 Å². The van der Waals surface area contributed by atoms with Crippen molar-refractivity contribution in [2.45, 2.75) is 27.7 Å². The van der Waals surface area contributed by atoms with E-state index in [4.69, 9.17) is 10.2 Å². The lowest BCUT2D eigenvalue weighted by Gasteiger charge is -2.16. The molecule has 0 fully saturated rings. The molecular formula is C15H26O6. The third-order valence-corrected chi connectivity index (χ3v) is 2.10. The highest BCUT2D eigenvalue weighted by atomic mass is 16.6. The molecule has 0 amide bonds. The van der Waals surface area contributed by atoms with Crippen LogP contribution >= 0.6 is 0 Å². The number of aliphatic hydroxyl groups is 2. The van der Waals surface area contributed by atoms with Crippen LogP contribution < -0.4 is 0 Å². The van der Waals surface area contributed by atoms with Gasteiger partial charge in [0.15, 0.2) is 0 Å². The molecule has 0 atom stereocenters. The summed E-state index contributed by atoms with van der Waals surface area (Å²) < 4.78 is 9.38. The first-order valence-corrected chi connectivity index (χ1v) is 6.44. The Kier molecular flexibility index (Phi) is 11.4. The summed E-state index contributed by atoms with van der Waals surface area (Å²) in [7, 11) is 0. The molecule has 0 aromatic rings. The van der Waals surface area contributed by atoms with Crippen LogP contribution in [0.5, 0.6) is 0 Å². The molecule has 0 heterocycles. The fourth-order valence-electron chi connectivity index (χ4n) is 0.565. The minimum atomic E-state index is -0.489. The number of rotatable bonds is 7. The van der Waals surface area contributed by atoms with Crippen molar-refractivity contribution in [2.24, 2.45) is 5.41 Å². The molecule has 0 spiro atoms. The zero-order valence-electron chi connectivity index (χ0n) is 13.3. The first-order chi connectivity index (χ1) is 9.57. The van der Waals surface area contributed by atoms with Gasteiger partial charge >= 0.3 is 11.9 Å². The SMILES string of the molecule is C=C(C)C(=O)OCCOC(=O)C(=C)C.CC(C)(CO)CO. The summed E-state index contributed by atoms with van der Waals surface area (Å²) >= 11 is 0. The molecule has 6 nitrogen and oxygen atoms in total. The van der Waals surface area contributed by atoms with Crippen molar-refractivity contribution in [2.75, 3.05) is 26.4 Å². The van der Waals surface area contributed by atoms with Crippen molar-refractivity contribution in [3.05, 3.63) is 24.3 Å². The van der Waals surface area contributed by atoms with Crippen molar-refractivity contribution in [3.8, 4) is 0 Å². The minimum absolute atomic E-state index is 0.0325. The van der Waals surface area contributed by atoms with Crippen molar-refractivity contribution in [1.29, 1.82) is 0 Å². The van der Waals surface area contributed by atoms with Gasteiger partial charge in [-0.25, -0.2) is 9.59 Å². The quantitative estimate of drug-likeness (QED) is 0.417. The number of aliphatic hydroxyl groups excluding tert-OH is 2. The monoisotopic (exact) mass is 302 g/mol. The maximum atomic E-state index is 10.8. The van der Waals surface area contributed by atoms with E-state index in [0.29, 0.717) is 11.1 Å². The van der Waals surface area contributed by atoms with Crippen LogP contribution in [0.15, 0.2) is 24.3 Å². The zero-order chi connectivity index (χ0) is 17.1. The normalized spacial score (nSPS) is 10.0. The van der Waals surface area contributed by atoms with Gasteiger partial charge in [0, 0.05) is 16.6 Å². The molecule has 0 saturated heterocycles. The lowest BCUT2D eigenvalue weighted by atomic mass is 9.97. The molecule has 0 aliphatic carbocycles. The molecular weight excluding hydrogens is 276 g/mol. The number of hydrogen-bond acceptors (Lipinski definition) is 6. The smallest absolute Gasteiger partial charge is 0.333 e. The van der Waals surface area contributed by atoms with Gasteiger partial charge in [0.05, 0.1) is 13.2 Å². The van der Waals surface area contributed by atoms with Gasteiger partial charge in [-0.2, -0.15) is 0 Å². The maximum Gasteiger partial charge on any atom is 0.333 e. The van der Waals surface area contributed by atoms with Gasteiger partial charge in [-0.05, 0) is 13.8 Å². The van der Waals surface area contributed by atoms with Crippen LogP contribution in [0, 0.1) is 5.41 Å². The van der Waals surface area contributed by atoms with Gasteiger partial charge in [0.2, 0.25) is 0 Å². The number of hydrogen-bond donors (Lipinski definition) is 2. The molecule has 21 heavy (non-hydrogen) atoms. The Balaban J connectivity index is 0. The van der Waals surface area contributed by atoms with Crippen LogP contribution in [0.2, 0.25) is 0 Å². The Morgan fingerprint density at radius 1 is 0.905 bits per heavy atom. The number of carbonyl (C=O) groups excluding carboxylic acids is 2. The molecule has 0 unspecified atom stereocenters. The molecule has 0 aliphatic rings. The fourth-order valence-corrected chi connectivity index (χ4v) is 0.565. The van der Waals surface area contributed by atoms with Crippen molar-refractivity contribution in [1.82, 2.24) is 0 Å². The molecule has 0 rings (SSSR count). The highest BCUT2D eigenvalue weighted by Gasteiger charge is 2.13. The first kappa shape index (κ1) is 21.6. The summed E-state index contributed by atoms with van der Waals surface area (Å²) in [4.78, 5) is 21.7. The predicted molar refractivity (Wildman–Crippen MR) is 79.5 cm³/mol. The lowest BCUT2D eigenvalue weighted by Crippen LogP contribution is -2.20. The lowest BCUT2D eigenvalue weighted by molar-refractivity contribution is -0.147. The van der Waals surface area contributed by atoms with Crippen LogP contribution in [0.1, 0.15) is 27.7 Å². The second-order valence-corrected chi connectivity index (χ2v) is 5.31. The minimum Gasteiger partial charge on any atom is -0.459 e. The number of esters is 2. The first-order valence-electron chi connectivity index (χ1n) is 6.44. The second-order valence-electron chi connectivity index (χ2n) is 5.31. The van der Waals surface area contributed by atoms with E-state index in [-0.39, 0.29) is 31.8 Å². The van der Waals surface area contributed by atoms with Crippen molar-refractivity contribution in [3.63, 3.8) is 0 Å². The zero-order valence-corrected chi connectivity index (χ0v) is 13.3. The van der Waals surface area contributed by atoms with Crippen LogP contribution in [0.4, 0.5) is 0 Å². The van der Waals surface area contributed by atoms with E-state index < -0.39 is 11.9 Å². The average Bonchev–Trinajstić information content (AvgIpc) is 2.43. The molecule has 2 N–H and O–H groups in total. The van der Waals surface area contributed by atoms with Crippen LogP contribution in [-0.4, -0.2) is 48.6 Å². The largest absolute Gasteiger partial charge is 0.459 e. The molecule has 122 valence electrons. The summed E-state index contributed by atoms with van der Waals surface area (Å²) in [5, 5.41) is 16.9.